The van der Waals surface area contributed by atoms with Crippen LogP contribution in [0.1, 0.15) is 35.3 Å². The van der Waals surface area contributed by atoms with Crippen molar-refractivity contribution in [1.29, 1.82) is 0 Å². The smallest absolute Gasteiger partial charge is 0.262 e. The highest BCUT2D eigenvalue weighted by molar-refractivity contribution is 5.98. The molecule has 0 unspecified atom stereocenters. The maximum Gasteiger partial charge on any atom is 0.262 e. The molecule has 0 aliphatic carbocycles. The van der Waals surface area contributed by atoms with Gasteiger partial charge in [0.1, 0.15) is 6.04 Å². The van der Waals surface area contributed by atoms with Crippen molar-refractivity contribution in [2.24, 2.45) is 11.0 Å². The van der Waals surface area contributed by atoms with Crippen molar-refractivity contribution < 1.29 is 28.9 Å². The van der Waals surface area contributed by atoms with Gasteiger partial charge in [-0.15, -0.1) is 6.58 Å². The molecule has 0 radical (unpaired) electrons. The SMILES string of the molecule is C=CCc1cc(C=NNC(=O)[C@H](NC(=O)c2ccc3c(c2)OCO3)C(C)C)cc(OC)c1O. The highest BCUT2D eigenvalue weighted by Gasteiger charge is 2.25. The first-order chi connectivity index (χ1) is 15.8. The number of phenolic OH excluding ortho intramolecular Hbond substituents is 1. The molecule has 2 aromatic rings. The van der Waals surface area contributed by atoms with Gasteiger partial charge in [0.05, 0.1) is 13.3 Å². The van der Waals surface area contributed by atoms with Crippen LogP contribution >= 0.6 is 0 Å². The lowest BCUT2D eigenvalue weighted by molar-refractivity contribution is -0.123. The second-order valence-electron chi connectivity index (χ2n) is 7.72. The number of nitrogens with zero attached hydrogens (tertiary/aromatic N) is 1. The number of benzene rings is 2. The molecule has 2 amide bonds. The van der Waals surface area contributed by atoms with Gasteiger partial charge in [-0.2, -0.15) is 5.10 Å². The summed E-state index contributed by atoms with van der Waals surface area (Å²) in [4.78, 5) is 25.4. The average Bonchev–Trinajstić information content (AvgIpc) is 3.27. The molecule has 3 N–H and O–H groups in total. The summed E-state index contributed by atoms with van der Waals surface area (Å²) in [7, 11) is 1.45. The highest BCUT2D eigenvalue weighted by Crippen LogP contribution is 2.33. The fraction of sp³-hybridized carbons (Fsp3) is 0.292. The summed E-state index contributed by atoms with van der Waals surface area (Å²) < 4.78 is 15.7. The lowest BCUT2D eigenvalue weighted by atomic mass is 10.0. The first-order valence-corrected chi connectivity index (χ1v) is 10.4. The number of phenols is 1. The normalized spacial score (nSPS) is 13.1. The second-order valence-corrected chi connectivity index (χ2v) is 7.72. The Morgan fingerprint density at radius 2 is 2.00 bits per heavy atom. The minimum atomic E-state index is -0.814. The topological polar surface area (TPSA) is 118 Å². The van der Waals surface area contributed by atoms with Gasteiger partial charge in [-0.25, -0.2) is 5.43 Å². The fourth-order valence-corrected chi connectivity index (χ4v) is 3.27. The molecule has 9 heteroatoms. The van der Waals surface area contributed by atoms with E-state index >= 15 is 0 Å². The first kappa shape index (κ1) is 23.6. The summed E-state index contributed by atoms with van der Waals surface area (Å²) in [5, 5.41) is 16.9. The average molecular weight is 453 g/mol. The number of rotatable bonds is 9. The second kappa shape index (κ2) is 10.5. The Balaban J connectivity index is 1.68. The minimum absolute atomic E-state index is 0.0321. The maximum absolute atomic E-state index is 12.7. The number of amides is 2. The van der Waals surface area contributed by atoms with Crippen LogP contribution in [-0.4, -0.2) is 43.1 Å². The van der Waals surface area contributed by atoms with Gasteiger partial charge in [0, 0.05) is 11.1 Å². The third kappa shape index (κ3) is 5.62. The van der Waals surface area contributed by atoms with Gasteiger partial charge in [0.2, 0.25) is 6.79 Å². The van der Waals surface area contributed by atoms with E-state index in [4.69, 9.17) is 14.2 Å². The number of aromatic hydroxyl groups is 1. The Kier molecular flexibility index (Phi) is 7.55. The number of carbonyl (C=O) groups excluding carboxylic acids is 2. The molecule has 33 heavy (non-hydrogen) atoms. The van der Waals surface area contributed by atoms with Crippen molar-refractivity contribution in [3.8, 4) is 23.0 Å². The number of carbonyl (C=O) groups is 2. The molecule has 1 aliphatic rings. The number of nitrogens with one attached hydrogen (secondary N) is 2. The van der Waals surface area contributed by atoms with E-state index in [0.717, 1.165) is 0 Å². The van der Waals surface area contributed by atoms with Crippen LogP contribution in [0.3, 0.4) is 0 Å². The number of hydrogen-bond acceptors (Lipinski definition) is 7. The Hall–Kier alpha value is -4.01. The Bertz CT molecular complexity index is 1080. The van der Waals surface area contributed by atoms with Crippen LogP contribution < -0.4 is 25.0 Å². The largest absolute Gasteiger partial charge is 0.504 e. The van der Waals surface area contributed by atoms with Crippen LogP contribution in [0.4, 0.5) is 0 Å². The van der Waals surface area contributed by atoms with Gasteiger partial charge in [-0.05, 0) is 48.2 Å². The van der Waals surface area contributed by atoms with Crippen molar-refractivity contribution in [1.82, 2.24) is 10.7 Å². The quantitative estimate of drug-likeness (QED) is 0.305. The number of ether oxygens (including phenoxy) is 3. The van der Waals surface area contributed by atoms with Gasteiger partial charge in [0.15, 0.2) is 23.0 Å². The standard InChI is InChI=1S/C24H27N3O6/c1-5-6-16-9-15(10-20(31-4)22(16)28)12-25-27-24(30)21(14(2)3)26-23(29)17-7-8-18-19(11-17)33-13-32-18/h5,7-12,14,21,28H,1,6,13H2,2-4H3,(H,26,29)(H,27,30)/t21-/m1/s1. The lowest BCUT2D eigenvalue weighted by Crippen LogP contribution is -2.48. The van der Waals surface area contributed by atoms with Crippen molar-refractivity contribution in [2.75, 3.05) is 13.9 Å². The minimum Gasteiger partial charge on any atom is -0.504 e. The molecule has 174 valence electrons. The van der Waals surface area contributed by atoms with Crippen molar-refractivity contribution in [2.45, 2.75) is 26.3 Å². The molecule has 0 saturated carbocycles. The molecule has 3 rings (SSSR count). The van der Waals surface area contributed by atoms with E-state index in [1.807, 2.05) is 13.8 Å². The van der Waals surface area contributed by atoms with E-state index in [9.17, 15) is 14.7 Å². The molecule has 0 fully saturated rings. The van der Waals surface area contributed by atoms with Crippen LogP contribution in [0, 0.1) is 5.92 Å². The van der Waals surface area contributed by atoms with Crippen LogP contribution in [0.2, 0.25) is 0 Å². The van der Waals surface area contributed by atoms with Gasteiger partial charge in [-0.3, -0.25) is 9.59 Å². The summed E-state index contributed by atoms with van der Waals surface area (Å²) in [5.74, 6) is 0.309. The molecule has 0 bridgehead atoms. The molecule has 1 aliphatic heterocycles. The highest BCUT2D eigenvalue weighted by atomic mass is 16.7. The Morgan fingerprint density at radius 1 is 1.24 bits per heavy atom. The predicted molar refractivity (Wildman–Crippen MR) is 123 cm³/mol. The number of methoxy groups -OCH3 is 1. The van der Waals surface area contributed by atoms with E-state index in [0.29, 0.717) is 34.6 Å². The van der Waals surface area contributed by atoms with Gasteiger partial charge < -0.3 is 24.6 Å². The van der Waals surface area contributed by atoms with E-state index in [1.54, 1.807) is 36.4 Å². The molecule has 9 nitrogen and oxygen atoms in total. The number of hydrazone groups is 1. The van der Waals surface area contributed by atoms with E-state index in [-0.39, 0.29) is 24.2 Å². The fourth-order valence-electron chi connectivity index (χ4n) is 3.27. The molecule has 0 aromatic heterocycles. The third-order valence-corrected chi connectivity index (χ3v) is 5.02. The number of hydrogen-bond donors (Lipinski definition) is 3. The maximum atomic E-state index is 12.7. The van der Waals surface area contributed by atoms with Crippen LogP contribution in [0.5, 0.6) is 23.0 Å². The first-order valence-electron chi connectivity index (χ1n) is 10.4. The molecule has 0 spiro atoms. The summed E-state index contributed by atoms with van der Waals surface area (Å²) >= 11 is 0. The zero-order chi connectivity index (χ0) is 24.0. The van der Waals surface area contributed by atoms with Crippen molar-refractivity contribution >= 4 is 18.0 Å². The summed E-state index contributed by atoms with van der Waals surface area (Å²) in [6.07, 6.45) is 3.54. The van der Waals surface area contributed by atoms with Crippen LogP contribution in [-0.2, 0) is 11.2 Å². The summed E-state index contributed by atoms with van der Waals surface area (Å²) in [6, 6.07) is 7.33. The van der Waals surface area contributed by atoms with Crippen LogP contribution in [0.25, 0.3) is 0 Å². The number of allylic oxidation sites excluding steroid dienone is 1. The molecule has 1 atom stereocenters. The number of fused-ring (bicyclic) bond motifs is 1. The zero-order valence-electron chi connectivity index (χ0n) is 18.8. The van der Waals surface area contributed by atoms with E-state index in [2.05, 4.69) is 22.4 Å². The third-order valence-electron chi connectivity index (χ3n) is 5.02. The molecule has 0 saturated heterocycles. The summed E-state index contributed by atoms with van der Waals surface area (Å²) in [5.41, 5.74) is 4.05. The van der Waals surface area contributed by atoms with E-state index < -0.39 is 17.9 Å². The zero-order valence-corrected chi connectivity index (χ0v) is 18.8. The van der Waals surface area contributed by atoms with Crippen molar-refractivity contribution in [3.63, 3.8) is 0 Å². The van der Waals surface area contributed by atoms with Gasteiger partial charge in [0.25, 0.3) is 11.8 Å². The predicted octanol–water partition coefficient (Wildman–Crippen LogP) is 2.76. The van der Waals surface area contributed by atoms with Gasteiger partial charge in [-0.1, -0.05) is 19.9 Å². The molecular formula is C24H27N3O6. The monoisotopic (exact) mass is 453 g/mol. The molecular weight excluding hydrogens is 426 g/mol. The molecule has 1 heterocycles. The Labute approximate surface area is 192 Å². The molecule has 2 aromatic carbocycles. The van der Waals surface area contributed by atoms with Gasteiger partial charge >= 0.3 is 0 Å². The van der Waals surface area contributed by atoms with Crippen LogP contribution in [0.15, 0.2) is 48.1 Å². The Morgan fingerprint density at radius 3 is 2.70 bits per heavy atom. The van der Waals surface area contributed by atoms with E-state index in [1.165, 1.54) is 13.3 Å². The van der Waals surface area contributed by atoms with Crippen molar-refractivity contribution in [3.05, 3.63) is 59.7 Å². The summed E-state index contributed by atoms with van der Waals surface area (Å²) in [6.45, 7) is 7.42. The lowest BCUT2D eigenvalue weighted by Gasteiger charge is -2.20.